The van der Waals surface area contributed by atoms with Gasteiger partial charge in [0.2, 0.25) is 0 Å². The van der Waals surface area contributed by atoms with Crippen molar-refractivity contribution in [2.45, 2.75) is 12.8 Å². The maximum absolute atomic E-state index is 11.3. The van der Waals surface area contributed by atoms with Gasteiger partial charge in [-0.05, 0) is 19.1 Å². The third-order valence-electron chi connectivity index (χ3n) is 1.54. The van der Waals surface area contributed by atoms with Crippen molar-refractivity contribution in [2.75, 3.05) is 6.61 Å². The number of esters is 1. The van der Waals surface area contributed by atoms with Crippen molar-refractivity contribution in [2.24, 2.45) is 0 Å². The molecular formula is C9H9N3O2. The molecule has 0 bridgehead atoms. The van der Waals surface area contributed by atoms with Gasteiger partial charge in [-0.1, -0.05) is 0 Å². The van der Waals surface area contributed by atoms with Crippen LogP contribution in [0.2, 0.25) is 0 Å². The van der Waals surface area contributed by atoms with Crippen molar-refractivity contribution in [3.63, 3.8) is 0 Å². The molecule has 0 saturated carbocycles. The van der Waals surface area contributed by atoms with Crippen molar-refractivity contribution >= 4 is 5.97 Å². The number of aromatic nitrogens is 2. The van der Waals surface area contributed by atoms with Crippen LogP contribution in [0.25, 0.3) is 0 Å². The largest absolute Gasteiger partial charge is 0.465 e. The van der Waals surface area contributed by atoms with Crippen LogP contribution in [0, 0.1) is 11.3 Å². The minimum Gasteiger partial charge on any atom is -0.465 e. The fourth-order valence-electron chi connectivity index (χ4n) is 0.933. The van der Waals surface area contributed by atoms with Crippen LogP contribution in [0.15, 0.2) is 18.3 Å². The molecule has 1 aromatic heterocycles. The fraction of sp³-hybridized carbons (Fsp3) is 0.333. The van der Waals surface area contributed by atoms with Crippen LogP contribution in [0.1, 0.15) is 18.5 Å². The molecule has 0 spiro atoms. The Morgan fingerprint density at radius 1 is 1.79 bits per heavy atom. The maximum atomic E-state index is 11.3. The zero-order chi connectivity index (χ0) is 10.4. The molecule has 5 nitrogen and oxygen atoms in total. The Bertz CT molecular complexity index is 345. The number of ether oxygens (including phenoxy) is 1. The predicted molar refractivity (Wildman–Crippen MR) is 47.0 cm³/mol. The molecule has 0 aromatic carbocycles. The zero-order valence-corrected chi connectivity index (χ0v) is 7.67. The summed E-state index contributed by atoms with van der Waals surface area (Å²) in [7, 11) is 0. The molecule has 1 unspecified atom stereocenters. The monoisotopic (exact) mass is 191 g/mol. The van der Waals surface area contributed by atoms with Gasteiger partial charge in [-0.25, -0.2) is 0 Å². The molecule has 1 rings (SSSR count). The van der Waals surface area contributed by atoms with Crippen LogP contribution in [0.4, 0.5) is 0 Å². The van der Waals surface area contributed by atoms with Gasteiger partial charge in [-0.2, -0.15) is 15.5 Å². The Hall–Kier alpha value is -1.96. The minimum absolute atomic E-state index is 0.247. The van der Waals surface area contributed by atoms with Gasteiger partial charge < -0.3 is 4.74 Å². The van der Waals surface area contributed by atoms with Crippen LogP contribution in [-0.4, -0.2) is 22.8 Å². The third-order valence-corrected chi connectivity index (χ3v) is 1.54. The third kappa shape index (κ3) is 2.26. The molecule has 0 aliphatic carbocycles. The van der Waals surface area contributed by atoms with Crippen molar-refractivity contribution in [1.29, 1.82) is 5.26 Å². The van der Waals surface area contributed by atoms with E-state index in [1.807, 2.05) is 6.07 Å². The molecule has 5 heteroatoms. The van der Waals surface area contributed by atoms with Crippen molar-refractivity contribution in [1.82, 2.24) is 10.2 Å². The number of carbonyl (C=O) groups excluding carboxylic acids is 1. The molecular weight excluding hydrogens is 182 g/mol. The highest BCUT2D eigenvalue weighted by molar-refractivity contribution is 5.80. The summed E-state index contributed by atoms with van der Waals surface area (Å²) >= 11 is 0. The summed E-state index contributed by atoms with van der Waals surface area (Å²) in [4.78, 5) is 11.3. The van der Waals surface area contributed by atoms with Crippen LogP contribution in [-0.2, 0) is 9.53 Å². The fourth-order valence-corrected chi connectivity index (χ4v) is 0.933. The van der Waals surface area contributed by atoms with Gasteiger partial charge >= 0.3 is 5.97 Å². The maximum Gasteiger partial charge on any atom is 0.329 e. The number of nitrogens with zero attached hydrogens (tertiary/aromatic N) is 3. The van der Waals surface area contributed by atoms with Gasteiger partial charge in [0.1, 0.15) is 0 Å². The van der Waals surface area contributed by atoms with Crippen LogP contribution < -0.4 is 0 Å². The quantitative estimate of drug-likeness (QED) is 0.655. The van der Waals surface area contributed by atoms with E-state index < -0.39 is 11.9 Å². The highest BCUT2D eigenvalue weighted by Gasteiger charge is 2.22. The molecule has 72 valence electrons. The Morgan fingerprint density at radius 3 is 3.07 bits per heavy atom. The second-order valence-corrected chi connectivity index (χ2v) is 2.46. The van der Waals surface area contributed by atoms with E-state index >= 15 is 0 Å². The summed E-state index contributed by atoms with van der Waals surface area (Å²) < 4.78 is 4.72. The first-order valence-corrected chi connectivity index (χ1v) is 4.13. The van der Waals surface area contributed by atoms with E-state index in [1.54, 1.807) is 19.1 Å². The average Bonchev–Trinajstić information content (AvgIpc) is 2.21. The molecule has 0 fully saturated rings. The lowest BCUT2D eigenvalue weighted by Crippen LogP contribution is -2.15. The minimum atomic E-state index is -0.983. The normalized spacial score (nSPS) is 11.4. The van der Waals surface area contributed by atoms with Gasteiger partial charge in [0, 0.05) is 6.20 Å². The Balaban J connectivity index is 2.84. The van der Waals surface area contributed by atoms with E-state index in [2.05, 4.69) is 10.2 Å². The molecule has 14 heavy (non-hydrogen) atoms. The highest BCUT2D eigenvalue weighted by atomic mass is 16.5. The smallest absolute Gasteiger partial charge is 0.329 e. The van der Waals surface area contributed by atoms with E-state index in [4.69, 9.17) is 10.00 Å². The summed E-state index contributed by atoms with van der Waals surface area (Å²) in [6.07, 6.45) is 1.48. The van der Waals surface area contributed by atoms with Gasteiger partial charge in [0.05, 0.1) is 18.4 Å². The molecule has 1 aromatic rings. The van der Waals surface area contributed by atoms with Crippen molar-refractivity contribution in [3.05, 3.63) is 24.0 Å². The molecule has 0 radical (unpaired) electrons. The van der Waals surface area contributed by atoms with E-state index in [1.165, 1.54) is 6.20 Å². The highest BCUT2D eigenvalue weighted by Crippen LogP contribution is 2.12. The number of hydrogen-bond acceptors (Lipinski definition) is 5. The molecule has 0 N–H and O–H groups in total. The van der Waals surface area contributed by atoms with Gasteiger partial charge in [-0.3, -0.25) is 4.79 Å². The lowest BCUT2D eigenvalue weighted by molar-refractivity contribution is -0.143. The summed E-state index contributed by atoms with van der Waals surface area (Å²) in [6, 6.07) is 5.01. The second-order valence-electron chi connectivity index (χ2n) is 2.46. The van der Waals surface area contributed by atoms with Crippen LogP contribution >= 0.6 is 0 Å². The molecule has 1 heterocycles. The van der Waals surface area contributed by atoms with Crippen molar-refractivity contribution < 1.29 is 9.53 Å². The standard InChI is InChI=1S/C9H9N3O2/c1-2-14-9(13)7(6-10)8-4-3-5-11-12-8/h3-5,7H,2H2,1H3. The SMILES string of the molecule is CCOC(=O)C(C#N)c1cccnn1. The Morgan fingerprint density at radius 2 is 2.57 bits per heavy atom. The predicted octanol–water partition coefficient (Wildman–Crippen LogP) is 0.647. The van der Waals surface area contributed by atoms with Crippen LogP contribution in [0.5, 0.6) is 0 Å². The van der Waals surface area contributed by atoms with E-state index in [9.17, 15) is 4.79 Å². The first-order chi connectivity index (χ1) is 6.79. The van der Waals surface area contributed by atoms with Gasteiger partial charge in [-0.15, -0.1) is 0 Å². The van der Waals surface area contributed by atoms with E-state index in [-0.39, 0.29) is 6.61 Å². The molecule has 0 amide bonds. The number of carbonyl (C=O) groups is 1. The first-order valence-electron chi connectivity index (χ1n) is 4.13. The number of hydrogen-bond donors (Lipinski definition) is 0. The van der Waals surface area contributed by atoms with Crippen molar-refractivity contribution in [3.8, 4) is 6.07 Å². The Kier molecular flexibility index (Phi) is 3.56. The summed E-state index contributed by atoms with van der Waals surface area (Å²) in [5, 5.41) is 16.0. The summed E-state index contributed by atoms with van der Waals surface area (Å²) in [5.74, 6) is -1.57. The molecule has 0 saturated heterocycles. The molecule has 1 atom stereocenters. The lowest BCUT2D eigenvalue weighted by atomic mass is 10.1. The van der Waals surface area contributed by atoms with Gasteiger partial charge in [0.15, 0.2) is 5.92 Å². The first kappa shape index (κ1) is 10.1. The van der Waals surface area contributed by atoms with Crippen LogP contribution in [0.3, 0.4) is 0 Å². The van der Waals surface area contributed by atoms with E-state index in [0.717, 1.165) is 0 Å². The average molecular weight is 191 g/mol. The zero-order valence-electron chi connectivity index (χ0n) is 7.67. The van der Waals surface area contributed by atoms with Gasteiger partial charge in [0.25, 0.3) is 0 Å². The Labute approximate surface area is 81.3 Å². The summed E-state index contributed by atoms with van der Waals surface area (Å²) in [5.41, 5.74) is 0.313. The van der Waals surface area contributed by atoms with E-state index in [0.29, 0.717) is 5.69 Å². The molecule has 0 aliphatic rings. The lowest BCUT2D eigenvalue weighted by Gasteiger charge is -2.05. The number of rotatable bonds is 3. The second kappa shape index (κ2) is 4.92. The topological polar surface area (TPSA) is 75.9 Å². The molecule has 0 aliphatic heterocycles. The number of nitriles is 1. The summed E-state index contributed by atoms with van der Waals surface area (Å²) in [6.45, 7) is 1.93.